The van der Waals surface area contributed by atoms with Gasteiger partial charge in [0, 0.05) is 6.04 Å². The molecule has 0 heterocycles. The van der Waals surface area contributed by atoms with Crippen molar-refractivity contribution in [3.8, 4) is 0 Å². The van der Waals surface area contributed by atoms with Crippen LogP contribution in [0, 0.1) is 0 Å². The molecule has 0 amide bonds. The van der Waals surface area contributed by atoms with Crippen LogP contribution in [0.5, 0.6) is 0 Å². The lowest BCUT2D eigenvalue weighted by Crippen LogP contribution is -2.35. The number of alkyl halides is 1. The van der Waals surface area contributed by atoms with Crippen LogP contribution in [-0.4, -0.2) is 30.9 Å². The third kappa shape index (κ3) is 5.77. The van der Waals surface area contributed by atoms with E-state index in [1.165, 1.54) is 0 Å². The SMILES string of the molecule is CC(O)CC(C)NS(=O)(=O)CCl. The van der Waals surface area contributed by atoms with E-state index in [4.69, 9.17) is 16.7 Å². The fraction of sp³-hybridized carbons (Fsp3) is 1.00. The Hall–Kier alpha value is 0.160. The first-order chi connectivity index (χ1) is 5.37. The highest BCUT2D eigenvalue weighted by Crippen LogP contribution is 1.99. The fourth-order valence-electron chi connectivity index (χ4n) is 0.898. The van der Waals surface area contributed by atoms with Crippen LogP contribution in [0.4, 0.5) is 0 Å². The Kier molecular flexibility index (Phi) is 5.08. The van der Waals surface area contributed by atoms with Crippen LogP contribution < -0.4 is 4.72 Å². The van der Waals surface area contributed by atoms with Crippen molar-refractivity contribution in [1.82, 2.24) is 4.72 Å². The molecule has 2 unspecified atom stereocenters. The number of halogens is 1. The van der Waals surface area contributed by atoms with Crippen LogP contribution in [0.2, 0.25) is 0 Å². The maximum Gasteiger partial charge on any atom is 0.225 e. The topological polar surface area (TPSA) is 66.4 Å². The molecule has 0 saturated heterocycles. The molecule has 6 heteroatoms. The second-order valence-corrected chi connectivity index (χ2v) is 5.17. The van der Waals surface area contributed by atoms with Gasteiger partial charge in [0.05, 0.1) is 6.10 Å². The van der Waals surface area contributed by atoms with Crippen molar-refractivity contribution in [2.75, 3.05) is 5.21 Å². The molecule has 0 radical (unpaired) electrons. The minimum atomic E-state index is -3.36. The molecule has 2 N–H and O–H groups in total. The second kappa shape index (κ2) is 5.01. The first kappa shape index (κ1) is 12.2. The first-order valence-corrected chi connectivity index (χ1v) is 5.80. The maximum atomic E-state index is 10.9. The second-order valence-electron chi connectivity index (χ2n) is 2.83. The Morgan fingerprint density at radius 1 is 1.50 bits per heavy atom. The summed E-state index contributed by atoms with van der Waals surface area (Å²) in [4.78, 5) is 0. The van der Waals surface area contributed by atoms with E-state index in [2.05, 4.69) is 4.72 Å². The van der Waals surface area contributed by atoms with Gasteiger partial charge < -0.3 is 5.11 Å². The average molecular weight is 216 g/mol. The predicted molar refractivity (Wildman–Crippen MR) is 48.5 cm³/mol. The van der Waals surface area contributed by atoms with E-state index >= 15 is 0 Å². The summed E-state index contributed by atoms with van der Waals surface area (Å²) < 4.78 is 24.1. The van der Waals surface area contributed by atoms with Crippen molar-refractivity contribution < 1.29 is 13.5 Å². The zero-order valence-electron chi connectivity index (χ0n) is 7.12. The normalized spacial score (nSPS) is 17.3. The van der Waals surface area contributed by atoms with Crippen molar-refractivity contribution in [2.24, 2.45) is 0 Å². The van der Waals surface area contributed by atoms with E-state index in [1.807, 2.05) is 0 Å². The summed E-state index contributed by atoms with van der Waals surface area (Å²) in [6.07, 6.45) is -0.131. The monoisotopic (exact) mass is 215 g/mol. The lowest BCUT2D eigenvalue weighted by molar-refractivity contribution is 0.175. The number of nitrogens with one attached hydrogen (secondary N) is 1. The highest BCUT2D eigenvalue weighted by atomic mass is 35.5. The summed E-state index contributed by atoms with van der Waals surface area (Å²) in [7, 11) is -3.36. The Morgan fingerprint density at radius 2 is 2.00 bits per heavy atom. The van der Waals surface area contributed by atoms with Crippen LogP contribution in [0.15, 0.2) is 0 Å². The number of hydrogen-bond donors (Lipinski definition) is 2. The van der Waals surface area contributed by atoms with Gasteiger partial charge in [-0.3, -0.25) is 0 Å². The van der Waals surface area contributed by atoms with Crippen LogP contribution >= 0.6 is 11.6 Å². The van der Waals surface area contributed by atoms with Crippen molar-refractivity contribution in [3.05, 3.63) is 0 Å². The van der Waals surface area contributed by atoms with Gasteiger partial charge >= 0.3 is 0 Å². The zero-order chi connectivity index (χ0) is 9.78. The largest absolute Gasteiger partial charge is 0.393 e. The molecule has 0 aliphatic carbocycles. The molecule has 0 rings (SSSR count). The Bertz CT molecular complexity index is 215. The Labute approximate surface area is 78.0 Å². The Balaban J connectivity index is 3.93. The number of sulfonamides is 1. The van der Waals surface area contributed by atoms with Gasteiger partial charge in [0.25, 0.3) is 0 Å². The lowest BCUT2D eigenvalue weighted by atomic mass is 10.2. The van der Waals surface area contributed by atoms with E-state index in [0.717, 1.165) is 0 Å². The summed E-state index contributed by atoms with van der Waals surface area (Å²) >= 11 is 5.16. The third-order valence-electron chi connectivity index (χ3n) is 1.22. The minimum Gasteiger partial charge on any atom is -0.393 e. The number of hydrogen-bond acceptors (Lipinski definition) is 3. The molecule has 2 atom stereocenters. The average Bonchev–Trinajstić information content (AvgIpc) is 1.84. The molecule has 0 aliphatic heterocycles. The fourth-order valence-corrected chi connectivity index (χ4v) is 1.86. The molecule has 0 bridgehead atoms. The van der Waals surface area contributed by atoms with Crippen LogP contribution in [0.1, 0.15) is 20.3 Å². The first-order valence-electron chi connectivity index (χ1n) is 3.61. The number of rotatable bonds is 5. The van der Waals surface area contributed by atoms with Crippen LogP contribution in [0.3, 0.4) is 0 Å². The van der Waals surface area contributed by atoms with Gasteiger partial charge in [-0.05, 0) is 20.3 Å². The molecular formula is C6H14ClNO3S. The van der Waals surface area contributed by atoms with Crippen molar-refractivity contribution in [2.45, 2.75) is 32.4 Å². The Morgan fingerprint density at radius 3 is 2.33 bits per heavy atom. The highest BCUT2D eigenvalue weighted by molar-refractivity contribution is 7.90. The van der Waals surface area contributed by atoms with Gasteiger partial charge in [0.15, 0.2) is 0 Å². The van der Waals surface area contributed by atoms with E-state index in [-0.39, 0.29) is 6.04 Å². The van der Waals surface area contributed by atoms with Crippen molar-refractivity contribution in [1.29, 1.82) is 0 Å². The van der Waals surface area contributed by atoms with Crippen LogP contribution in [0.25, 0.3) is 0 Å². The molecule has 4 nitrogen and oxygen atoms in total. The summed E-state index contributed by atoms with van der Waals surface area (Å²) in [6.45, 7) is 3.28. The molecule has 0 spiro atoms. The maximum absolute atomic E-state index is 10.9. The van der Waals surface area contributed by atoms with E-state index in [9.17, 15) is 8.42 Å². The molecule has 0 saturated carbocycles. The zero-order valence-corrected chi connectivity index (χ0v) is 8.69. The van der Waals surface area contributed by atoms with Gasteiger partial charge in [0.2, 0.25) is 10.0 Å². The standard InChI is InChI=1S/C6H14ClNO3S/c1-5(3-6(2)9)8-12(10,11)4-7/h5-6,8-9H,3-4H2,1-2H3. The molecule has 0 aromatic carbocycles. The van der Waals surface area contributed by atoms with Crippen LogP contribution in [-0.2, 0) is 10.0 Å². The molecular weight excluding hydrogens is 202 g/mol. The summed E-state index contributed by atoms with van der Waals surface area (Å²) in [5, 5.41) is 8.48. The summed E-state index contributed by atoms with van der Waals surface area (Å²) in [6, 6.07) is -0.284. The van der Waals surface area contributed by atoms with Crippen molar-refractivity contribution >= 4 is 21.6 Å². The molecule has 0 aliphatic rings. The predicted octanol–water partition coefficient (Wildman–Crippen LogP) is 0.262. The number of aliphatic hydroxyl groups excluding tert-OH is 1. The quantitative estimate of drug-likeness (QED) is 0.647. The third-order valence-corrected chi connectivity index (χ3v) is 3.13. The minimum absolute atomic E-state index is 0.284. The van der Waals surface area contributed by atoms with Gasteiger partial charge in [0.1, 0.15) is 5.21 Å². The molecule has 12 heavy (non-hydrogen) atoms. The molecule has 0 aromatic rings. The van der Waals surface area contributed by atoms with Gasteiger partial charge in [-0.2, -0.15) is 0 Å². The van der Waals surface area contributed by atoms with Gasteiger partial charge in [-0.15, -0.1) is 11.6 Å². The van der Waals surface area contributed by atoms with Gasteiger partial charge in [-0.25, -0.2) is 13.1 Å². The van der Waals surface area contributed by atoms with E-state index in [0.29, 0.717) is 6.42 Å². The van der Waals surface area contributed by atoms with E-state index in [1.54, 1.807) is 13.8 Å². The number of aliphatic hydroxyl groups is 1. The van der Waals surface area contributed by atoms with Gasteiger partial charge in [-0.1, -0.05) is 0 Å². The molecule has 74 valence electrons. The molecule has 0 aromatic heterocycles. The smallest absolute Gasteiger partial charge is 0.225 e. The summed E-state index contributed by atoms with van der Waals surface area (Å²) in [5.41, 5.74) is 0. The highest BCUT2D eigenvalue weighted by Gasteiger charge is 2.13. The van der Waals surface area contributed by atoms with Crippen molar-refractivity contribution in [3.63, 3.8) is 0 Å². The molecule has 0 fully saturated rings. The summed E-state index contributed by atoms with van der Waals surface area (Å²) in [5.74, 6) is 0. The lowest BCUT2D eigenvalue weighted by Gasteiger charge is -2.13. The van der Waals surface area contributed by atoms with E-state index < -0.39 is 21.3 Å².